The number of nitrogens with zero attached hydrogens (tertiary/aromatic N) is 2. The second-order valence-electron chi connectivity index (χ2n) is 3.42. The smallest absolute Gasteiger partial charge is 0.258 e. The van der Waals surface area contributed by atoms with Gasteiger partial charge in [-0.3, -0.25) is 10.1 Å². The van der Waals surface area contributed by atoms with Crippen LogP contribution in [0.5, 0.6) is 0 Å². The Hall–Kier alpha value is -2.28. The molecule has 92 valence electrons. The van der Waals surface area contributed by atoms with Crippen LogP contribution >= 0.6 is 0 Å². The molecule has 0 saturated carbocycles. The summed E-state index contributed by atoms with van der Waals surface area (Å²) in [7, 11) is -3.72. The Morgan fingerprint density at radius 2 is 1.72 bits per heavy atom. The summed E-state index contributed by atoms with van der Waals surface area (Å²) in [6, 6.07) is 9.23. The summed E-state index contributed by atoms with van der Waals surface area (Å²) in [5, 5.41) is 10.4. The average molecular weight is 264 g/mol. The molecule has 2 rings (SSSR count). The van der Waals surface area contributed by atoms with Crippen molar-refractivity contribution >= 4 is 15.5 Å². The van der Waals surface area contributed by atoms with E-state index in [4.69, 9.17) is 0 Å². The first-order chi connectivity index (χ1) is 8.51. The maximum absolute atomic E-state index is 12.1. The van der Waals surface area contributed by atoms with Crippen molar-refractivity contribution < 1.29 is 13.3 Å². The summed E-state index contributed by atoms with van der Waals surface area (Å²) in [5.74, 6) is 0. The molecule has 1 heterocycles. The largest absolute Gasteiger partial charge is 0.269 e. The van der Waals surface area contributed by atoms with Gasteiger partial charge in [-0.05, 0) is 24.3 Å². The topological polar surface area (TPSA) is 90.2 Å². The van der Waals surface area contributed by atoms with Gasteiger partial charge in [0.2, 0.25) is 9.84 Å². The second-order valence-corrected chi connectivity index (χ2v) is 5.32. The third-order valence-electron chi connectivity index (χ3n) is 2.27. The Morgan fingerprint density at radius 1 is 1.06 bits per heavy atom. The van der Waals surface area contributed by atoms with Gasteiger partial charge >= 0.3 is 0 Å². The van der Waals surface area contributed by atoms with Gasteiger partial charge in [-0.25, -0.2) is 13.4 Å². The Morgan fingerprint density at radius 3 is 2.22 bits per heavy atom. The highest BCUT2D eigenvalue weighted by Crippen LogP contribution is 2.21. The summed E-state index contributed by atoms with van der Waals surface area (Å²) in [6.45, 7) is 0. The molecule has 0 aliphatic carbocycles. The highest BCUT2D eigenvalue weighted by molar-refractivity contribution is 7.91. The van der Waals surface area contributed by atoms with Crippen LogP contribution in [0.15, 0.2) is 58.6 Å². The van der Waals surface area contributed by atoms with Gasteiger partial charge < -0.3 is 0 Å². The van der Waals surface area contributed by atoms with Crippen LogP contribution in [-0.4, -0.2) is 18.3 Å². The van der Waals surface area contributed by atoms with Crippen LogP contribution in [0.2, 0.25) is 0 Å². The van der Waals surface area contributed by atoms with Crippen molar-refractivity contribution in [3.05, 3.63) is 58.8 Å². The molecule has 1 aromatic carbocycles. The Balaban J connectivity index is 2.46. The number of sulfone groups is 1. The lowest BCUT2D eigenvalue weighted by Crippen LogP contribution is -2.04. The average Bonchev–Trinajstić information content (AvgIpc) is 2.40. The number of pyridine rings is 1. The fraction of sp³-hybridized carbons (Fsp3) is 0. The molecule has 0 saturated heterocycles. The predicted molar refractivity (Wildman–Crippen MR) is 62.8 cm³/mol. The molecule has 6 nitrogen and oxygen atoms in total. The first kappa shape index (κ1) is 12.2. The molecule has 0 N–H and O–H groups in total. The van der Waals surface area contributed by atoms with Gasteiger partial charge in [0.05, 0.1) is 9.82 Å². The highest BCUT2D eigenvalue weighted by Gasteiger charge is 2.19. The van der Waals surface area contributed by atoms with Crippen molar-refractivity contribution in [1.82, 2.24) is 4.98 Å². The van der Waals surface area contributed by atoms with Gasteiger partial charge in [0.1, 0.15) is 0 Å². The zero-order valence-electron chi connectivity index (χ0n) is 9.05. The highest BCUT2D eigenvalue weighted by atomic mass is 32.2. The van der Waals surface area contributed by atoms with E-state index in [1.807, 2.05) is 0 Å². The minimum Gasteiger partial charge on any atom is -0.258 e. The molecule has 0 fully saturated rings. The number of aromatic nitrogens is 1. The number of nitro groups is 1. The fourth-order valence-electron chi connectivity index (χ4n) is 1.37. The van der Waals surface area contributed by atoms with Crippen molar-refractivity contribution in [1.29, 1.82) is 0 Å². The molecular formula is C11H8N2O4S. The van der Waals surface area contributed by atoms with Crippen LogP contribution in [0, 0.1) is 10.1 Å². The monoisotopic (exact) mass is 264 g/mol. The molecular weight excluding hydrogens is 256 g/mol. The van der Waals surface area contributed by atoms with Crippen molar-refractivity contribution in [3.8, 4) is 0 Å². The lowest BCUT2D eigenvalue weighted by molar-refractivity contribution is -0.384. The maximum Gasteiger partial charge on any atom is 0.269 e. The summed E-state index contributed by atoms with van der Waals surface area (Å²) < 4.78 is 24.2. The van der Waals surface area contributed by atoms with Crippen molar-refractivity contribution in [2.45, 2.75) is 9.92 Å². The van der Waals surface area contributed by atoms with E-state index in [0.717, 1.165) is 12.1 Å². The van der Waals surface area contributed by atoms with Crippen LogP contribution in [0.1, 0.15) is 0 Å². The number of hydrogen-bond acceptors (Lipinski definition) is 5. The van der Waals surface area contributed by atoms with Crippen LogP contribution < -0.4 is 0 Å². The summed E-state index contributed by atoms with van der Waals surface area (Å²) in [5.41, 5.74) is -0.157. The van der Waals surface area contributed by atoms with E-state index in [9.17, 15) is 18.5 Å². The van der Waals surface area contributed by atoms with E-state index in [0.29, 0.717) is 0 Å². The zero-order chi connectivity index (χ0) is 13.2. The number of nitro benzene ring substituents is 1. The van der Waals surface area contributed by atoms with Crippen molar-refractivity contribution in [2.24, 2.45) is 0 Å². The van der Waals surface area contributed by atoms with Crippen molar-refractivity contribution in [2.75, 3.05) is 0 Å². The van der Waals surface area contributed by atoms with E-state index >= 15 is 0 Å². The van der Waals surface area contributed by atoms with Crippen LogP contribution in [0.4, 0.5) is 5.69 Å². The van der Waals surface area contributed by atoms with Gasteiger partial charge in [-0.15, -0.1) is 0 Å². The summed E-state index contributed by atoms with van der Waals surface area (Å²) in [4.78, 5) is 13.6. The lowest BCUT2D eigenvalue weighted by Gasteiger charge is -2.02. The summed E-state index contributed by atoms with van der Waals surface area (Å²) >= 11 is 0. The molecule has 0 atom stereocenters. The van der Waals surface area contributed by atoms with Crippen molar-refractivity contribution in [3.63, 3.8) is 0 Å². The van der Waals surface area contributed by atoms with E-state index in [1.165, 1.54) is 24.4 Å². The molecule has 2 aromatic rings. The Kier molecular flexibility index (Phi) is 3.07. The summed E-state index contributed by atoms with van der Waals surface area (Å²) in [6.07, 6.45) is 1.37. The molecule has 18 heavy (non-hydrogen) atoms. The van der Waals surface area contributed by atoms with Gasteiger partial charge in [0.25, 0.3) is 5.69 Å². The third-order valence-corrected chi connectivity index (χ3v) is 3.96. The van der Waals surface area contributed by atoms with E-state index < -0.39 is 14.8 Å². The van der Waals surface area contributed by atoms with E-state index in [2.05, 4.69) is 4.98 Å². The molecule has 0 unspecified atom stereocenters. The van der Waals surface area contributed by atoms with Gasteiger partial charge in [-0.2, -0.15) is 0 Å². The van der Waals surface area contributed by atoms with E-state index in [1.54, 1.807) is 12.1 Å². The maximum atomic E-state index is 12.1. The third kappa shape index (κ3) is 2.21. The second kappa shape index (κ2) is 4.53. The SMILES string of the molecule is O=[N+]([O-])c1ccc(S(=O)(=O)c2ccccn2)cc1. The fourth-order valence-corrected chi connectivity index (χ4v) is 2.57. The molecule has 0 bridgehead atoms. The van der Waals surface area contributed by atoms with Crippen LogP contribution in [0.3, 0.4) is 0 Å². The van der Waals surface area contributed by atoms with Crippen LogP contribution in [0.25, 0.3) is 0 Å². The molecule has 7 heteroatoms. The standard InChI is InChI=1S/C11H8N2O4S/c14-13(15)9-4-6-10(7-5-9)18(16,17)11-3-1-2-8-12-11/h1-8H. The normalized spacial score (nSPS) is 11.1. The quantitative estimate of drug-likeness (QED) is 0.623. The molecule has 0 spiro atoms. The molecule has 1 aromatic heterocycles. The van der Waals surface area contributed by atoms with Crippen LogP contribution in [-0.2, 0) is 9.84 Å². The minimum absolute atomic E-state index is 0.0215. The number of hydrogen-bond donors (Lipinski definition) is 0. The predicted octanol–water partition coefficient (Wildman–Crippen LogP) is 1.82. The molecule has 0 amide bonds. The Labute approximate surface area is 103 Å². The first-order valence-corrected chi connectivity index (χ1v) is 6.41. The lowest BCUT2D eigenvalue weighted by atomic mass is 10.3. The molecule has 0 aliphatic rings. The zero-order valence-corrected chi connectivity index (χ0v) is 9.87. The van der Waals surface area contributed by atoms with E-state index in [-0.39, 0.29) is 15.6 Å². The number of non-ortho nitro benzene ring substituents is 1. The minimum atomic E-state index is -3.72. The molecule has 0 radical (unpaired) electrons. The van der Waals surface area contributed by atoms with Gasteiger partial charge in [0, 0.05) is 18.3 Å². The molecule has 0 aliphatic heterocycles. The first-order valence-electron chi connectivity index (χ1n) is 4.92. The number of rotatable bonds is 3. The number of benzene rings is 1. The van der Waals surface area contributed by atoms with Gasteiger partial charge in [0.15, 0.2) is 5.03 Å². The van der Waals surface area contributed by atoms with Gasteiger partial charge in [-0.1, -0.05) is 6.07 Å². The Bertz CT molecular complexity index is 666.